The Bertz CT molecular complexity index is 388. The standard InChI is InChI=1S/C12H20N4O/c1-3-5-16-9-13-7-10(16)8-14-11-4-6-15(2)12(11)17/h7,9,11,14H,3-6,8H2,1-2H3. The van der Waals surface area contributed by atoms with E-state index in [0.717, 1.165) is 31.6 Å². The number of likely N-dealkylation sites (N-methyl/N-ethyl adjacent to an activating group) is 1. The summed E-state index contributed by atoms with van der Waals surface area (Å²) in [6, 6.07) is -0.0232. The molecule has 5 heteroatoms. The number of carbonyl (C=O) groups is 1. The van der Waals surface area contributed by atoms with Gasteiger partial charge in [0.15, 0.2) is 0 Å². The molecule has 0 bridgehead atoms. The molecule has 1 aromatic heterocycles. The van der Waals surface area contributed by atoms with Gasteiger partial charge in [-0.1, -0.05) is 6.92 Å². The summed E-state index contributed by atoms with van der Waals surface area (Å²) in [7, 11) is 1.85. The van der Waals surface area contributed by atoms with Gasteiger partial charge in [0.2, 0.25) is 5.91 Å². The normalized spacial score (nSPS) is 20.2. The summed E-state index contributed by atoms with van der Waals surface area (Å²) in [5, 5.41) is 3.31. The van der Waals surface area contributed by atoms with Crippen molar-refractivity contribution in [1.29, 1.82) is 0 Å². The number of hydrogen-bond acceptors (Lipinski definition) is 3. The van der Waals surface area contributed by atoms with E-state index in [1.807, 2.05) is 19.6 Å². The second-order valence-corrected chi connectivity index (χ2v) is 4.56. The summed E-state index contributed by atoms with van der Waals surface area (Å²) in [5.74, 6) is 0.201. The molecule has 0 radical (unpaired) electrons. The lowest BCUT2D eigenvalue weighted by Crippen LogP contribution is -2.36. The third-order valence-electron chi connectivity index (χ3n) is 3.22. The second kappa shape index (κ2) is 5.31. The van der Waals surface area contributed by atoms with Crippen molar-refractivity contribution in [2.75, 3.05) is 13.6 Å². The predicted molar refractivity (Wildman–Crippen MR) is 65.4 cm³/mol. The van der Waals surface area contributed by atoms with Crippen LogP contribution in [0.2, 0.25) is 0 Å². The molecule has 1 unspecified atom stereocenters. The lowest BCUT2D eigenvalue weighted by Gasteiger charge is -2.13. The van der Waals surface area contributed by atoms with Crippen molar-refractivity contribution in [2.24, 2.45) is 0 Å². The molecular weight excluding hydrogens is 216 g/mol. The van der Waals surface area contributed by atoms with Crippen molar-refractivity contribution < 1.29 is 4.79 Å². The lowest BCUT2D eigenvalue weighted by atomic mass is 10.2. The van der Waals surface area contributed by atoms with E-state index < -0.39 is 0 Å². The maximum Gasteiger partial charge on any atom is 0.239 e. The minimum atomic E-state index is -0.0232. The third-order valence-corrected chi connectivity index (χ3v) is 3.22. The average Bonchev–Trinajstić information content (AvgIpc) is 2.87. The molecule has 1 amide bonds. The van der Waals surface area contributed by atoms with Crippen molar-refractivity contribution in [3.8, 4) is 0 Å². The maximum absolute atomic E-state index is 11.7. The molecule has 0 spiro atoms. The number of carbonyl (C=O) groups excluding carboxylic acids is 1. The van der Waals surface area contributed by atoms with Crippen LogP contribution < -0.4 is 5.32 Å². The minimum Gasteiger partial charge on any atom is -0.344 e. The van der Waals surface area contributed by atoms with E-state index in [0.29, 0.717) is 6.54 Å². The Morgan fingerprint density at radius 2 is 2.41 bits per heavy atom. The molecule has 2 heterocycles. The topological polar surface area (TPSA) is 50.2 Å². The van der Waals surface area contributed by atoms with Gasteiger partial charge in [-0.05, 0) is 12.8 Å². The smallest absolute Gasteiger partial charge is 0.239 e. The van der Waals surface area contributed by atoms with Crippen LogP contribution in [0, 0.1) is 0 Å². The summed E-state index contributed by atoms with van der Waals surface area (Å²) in [5.41, 5.74) is 1.15. The molecule has 1 aromatic rings. The van der Waals surface area contributed by atoms with Gasteiger partial charge in [0.1, 0.15) is 0 Å². The zero-order valence-electron chi connectivity index (χ0n) is 10.5. The number of rotatable bonds is 5. The first-order chi connectivity index (χ1) is 8.22. The molecule has 0 saturated carbocycles. The van der Waals surface area contributed by atoms with Crippen molar-refractivity contribution in [1.82, 2.24) is 19.8 Å². The molecular formula is C12H20N4O. The first kappa shape index (κ1) is 12.1. The van der Waals surface area contributed by atoms with Gasteiger partial charge in [-0.3, -0.25) is 4.79 Å². The number of imidazole rings is 1. The van der Waals surface area contributed by atoms with E-state index in [9.17, 15) is 4.79 Å². The fourth-order valence-electron chi connectivity index (χ4n) is 2.18. The SMILES string of the molecule is CCCn1cncc1CNC1CCN(C)C1=O. The molecule has 1 saturated heterocycles. The molecule has 2 rings (SSSR count). The zero-order chi connectivity index (χ0) is 12.3. The van der Waals surface area contributed by atoms with Crippen molar-refractivity contribution in [3.63, 3.8) is 0 Å². The fraction of sp³-hybridized carbons (Fsp3) is 0.667. The minimum absolute atomic E-state index is 0.0232. The highest BCUT2D eigenvalue weighted by atomic mass is 16.2. The van der Waals surface area contributed by atoms with Gasteiger partial charge in [0.25, 0.3) is 0 Å². The van der Waals surface area contributed by atoms with Crippen molar-refractivity contribution in [3.05, 3.63) is 18.2 Å². The fourth-order valence-corrected chi connectivity index (χ4v) is 2.18. The number of likely N-dealkylation sites (tertiary alicyclic amines) is 1. The van der Waals surface area contributed by atoms with Crippen molar-refractivity contribution >= 4 is 5.91 Å². The van der Waals surface area contributed by atoms with Gasteiger partial charge in [-0.25, -0.2) is 4.98 Å². The summed E-state index contributed by atoms with van der Waals surface area (Å²) in [4.78, 5) is 17.6. The van der Waals surface area contributed by atoms with E-state index in [4.69, 9.17) is 0 Å². The van der Waals surface area contributed by atoms with Crippen LogP contribution in [0.1, 0.15) is 25.5 Å². The number of amides is 1. The molecule has 1 N–H and O–H groups in total. The number of hydrogen-bond donors (Lipinski definition) is 1. The van der Waals surface area contributed by atoms with Crippen LogP contribution in [-0.4, -0.2) is 40.0 Å². The molecule has 94 valence electrons. The Kier molecular flexibility index (Phi) is 3.78. The summed E-state index contributed by atoms with van der Waals surface area (Å²) in [6.45, 7) is 4.69. The lowest BCUT2D eigenvalue weighted by molar-refractivity contribution is -0.128. The Morgan fingerprint density at radius 3 is 3.06 bits per heavy atom. The van der Waals surface area contributed by atoms with Crippen LogP contribution >= 0.6 is 0 Å². The Morgan fingerprint density at radius 1 is 1.59 bits per heavy atom. The quantitative estimate of drug-likeness (QED) is 0.815. The van der Waals surface area contributed by atoms with E-state index >= 15 is 0 Å². The van der Waals surface area contributed by atoms with Crippen LogP contribution in [0.5, 0.6) is 0 Å². The van der Waals surface area contributed by atoms with Gasteiger partial charge in [0.05, 0.1) is 18.1 Å². The maximum atomic E-state index is 11.7. The molecule has 1 fully saturated rings. The molecule has 1 aliphatic heterocycles. The first-order valence-corrected chi connectivity index (χ1v) is 6.19. The zero-order valence-corrected chi connectivity index (χ0v) is 10.5. The summed E-state index contributed by atoms with van der Waals surface area (Å²) in [6.07, 6.45) is 5.71. The van der Waals surface area contributed by atoms with Gasteiger partial charge in [-0.15, -0.1) is 0 Å². The van der Waals surface area contributed by atoms with Crippen LogP contribution in [-0.2, 0) is 17.9 Å². The van der Waals surface area contributed by atoms with E-state index in [1.54, 1.807) is 4.90 Å². The van der Waals surface area contributed by atoms with Crippen molar-refractivity contribution in [2.45, 2.75) is 38.9 Å². The third kappa shape index (κ3) is 2.66. The largest absolute Gasteiger partial charge is 0.344 e. The molecule has 1 aliphatic rings. The monoisotopic (exact) mass is 236 g/mol. The number of nitrogens with one attached hydrogen (secondary N) is 1. The molecule has 0 aromatic carbocycles. The van der Waals surface area contributed by atoms with Crippen LogP contribution in [0.3, 0.4) is 0 Å². The van der Waals surface area contributed by atoms with Gasteiger partial charge in [-0.2, -0.15) is 0 Å². The van der Waals surface area contributed by atoms with Crippen LogP contribution in [0.15, 0.2) is 12.5 Å². The Labute approximate surface area is 102 Å². The summed E-state index contributed by atoms with van der Waals surface area (Å²) >= 11 is 0. The molecule has 0 aliphatic carbocycles. The molecule has 17 heavy (non-hydrogen) atoms. The number of aromatic nitrogens is 2. The average molecular weight is 236 g/mol. The summed E-state index contributed by atoms with van der Waals surface area (Å²) < 4.78 is 2.14. The van der Waals surface area contributed by atoms with E-state index in [-0.39, 0.29) is 11.9 Å². The molecule has 1 atom stereocenters. The van der Waals surface area contributed by atoms with Gasteiger partial charge in [0, 0.05) is 32.9 Å². The Balaban J connectivity index is 1.89. The predicted octanol–water partition coefficient (Wildman–Crippen LogP) is 0.613. The highest BCUT2D eigenvalue weighted by Crippen LogP contribution is 2.09. The number of aryl methyl sites for hydroxylation is 1. The van der Waals surface area contributed by atoms with Gasteiger partial charge >= 0.3 is 0 Å². The second-order valence-electron chi connectivity index (χ2n) is 4.56. The van der Waals surface area contributed by atoms with E-state index in [1.165, 1.54) is 0 Å². The van der Waals surface area contributed by atoms with Crippen LogP contribution in [0.4, 0.5) is 0 Å². The molecule has 5 nitrogen and oxygen atoms in total. The van der Waals surface area contributed by atoms with E-state index in [2.05, 4.69) is 21.8 Å². The first-order valence-electron chi connectivity index (χ1n) is 6.19. The highest BCUT2D eigenvalue weighted by Gasteiger charge is 2.28. The van der Waals surface area contributed by atoms with Gasteiger partial charge < -0.3 is 14.8 Å². The number of nitrogens with zero attached hydrogens (tertiary/aromatic N) is 3. The highest BCUT2D eigenvalue weighted by molar-refractivity contribution is 5.83. The van der Waals surface area contributed by atoms with Crippen LogP contribution in [0.25, 0.3) is 0 Å². The Hall–Kier alpha value is -1.36.